The van der Waals surface area contributed by atoms with E-state index in [9.17, 15) is 9.59 Å². The van der Waals surface area contributed by atoms with Crippen molar-refractivity contribution in [3.05, 3.63) is 28.7 Å². The lowest BCUT2D eigenvalue weighted by atomic mass is 10.1. The molecule has 5 nitrogen and oxygen atoms in total. The predicted octanol–water partition coefficient (Wildman–Crippen LogP) is 1.30. The summed E-state index contributed by atoms with van der Waals surface area (Å²) < 4.78 is 0.944. The zero-order valence-electron chi connectivity index (χ0n) is 11.2. The van der Waals surface area contributed by atoms with Gasteiger partial charge in [-0.2, -0.15) is 0 Å². The van der Waals surface area contributed by atoms with Crippen LogP contribution in [0.25, 0.3) is 0 Å². The molecule has 0 bridgehead atoms. The van der Waals surface area contributed by atoms with Gasteiger partial charge in [-0.3, -0.25) is 9.59 Å². The Labute approximate surface area is 126 Å². The normalized spacial score (nSPS) is 20.1. The lowest BCUT2D eigenvalue weighted by Crippen LogP contribution is -2.36. The summed E-state index contributed by atoms with van der Waals surface area (Å²) in [6.07, 6.45) is -0.375. The van der Waals surface area contributed by atoms with Crippen LogP contribution in [0.15, 0.2) is 28.7 Å². The molecule has 0 aromatic heterocycles. The van der Waals surface area contributed by atoms with E-state index >= 15 is 0 Å². The van der Waals surface area contributed by atoms with E-state index in [0.29, 0.717) is 6.54 Å². The summed E-state index contributed by atoms with van der Waals surface area (Å²) in [6.45, 7) is 2.20. The van der Waals surface area contributed by atoms with Crippen molar-refractivity contribution in [2.45, 2.75) is 19.4 Å². The second-order valence-corrected chi connectivity index (χ2v) is 5.89. The fourth-order valence-electron chi connectivity index (χ4n) is 2.15. The van der Waals surface area contributed by atoms with Gasteiger partial charge in [-0.25, -0.2) is 0 Å². The SMILES string of the molecule is C[C@@H](O)CNC(=O)[C@H]1CC(=O)N(c2ccc(Br)cc2)C1. The monoisotopic (exact) mass is 340 g/mol. The molecule has 2 rings (SSSR count). The van der Waals surface area contributed by atoms with E-state index in [1.54, 1.807) is 11.8 Å². The average molecular weight is 341 g/mol. The quantitative estimate of drug-likeness (QED) is 0.867. The molecule has 1 heterocycles. The fraction of sp³-hybridized carbons (Fsp3) is 0.429. The Morgan fingerprint density at radius 3 is 2.75 bits per heavy atom. The van der Waals surface area contributed by atoms with Crippen LogP contribution in [0.2, 0.25) is 0 Å². The van der Waals surface area contributed by atoms with E-state index in [2.05, 4.69) is 21.2 Å². The van der Waals surface area contributed by atoms with Crippen molar-refractivity contribution < 1.29 is 14.7 Å². The molecule has 2 atom stereocenters. The Bertz CT molecular complexity index is 502. The smallest absolute Gasteiger partial charge is 0.227 e. The molecule has 1 aromatic rings. The highest BCUT2D eigenvalue weighted by atomic mass is 79.9. The second kappa shape index (κ2) is 6.37. The first-order chi connectivity index (χ1) is 9.47. The Hall–Kier alpha value is -1.40. The number of aliphatic hydroxyl groups is 1. The Morgan fingerprint density at radius 1 is 1.50 bits per heavy atom. The number of nitrogens with one attached hydrogen (secondary N) is 1. The highest BCUT2D eigenvalue weighted by Crippen LogP contribution is 2.26. The van der Waals surface area contributed by atoms with E-state index in [1.165, 1.54) is 0 Å². The number of carbonyl (C=O) groups excluding carboxylic acids is 2. The average Bonchev–Trinajstić information content (AvgIpc) is 2.79. The van der Waals surface area contributed by atoms with Crippen LogP contribution < -0.4 is 10.2 Å². The molecule has 1 fully saturated rings. The molecule has 1 aliphatic heterocycles. The molecule has 0 unspecified atom stereocenters. The van der Waals surface area contributed by atoms with Crippen molar-refractivity contribution in [1.29, 1.82) is 0 Å². The van der Waals surface area contributed by atoms with E-state index in [-0.39, 0.29) is 30.7 Å². The summed E-state index contributed by atoms with van der Waals surface area (Å²) in [6, 6.07) is 7.42. The zero-order valence-corrected chi connectivity index (χ0v) is 12.8. The first kappa shape index (κ1) is 15.0. The van der Waals surface area contributed by atoms with E-state index in [0.717, 1.165) is 10.2 Å². The molecule has 0 aliphatic carbocycles. The van der Waals surface area contributed by atoms with Gasteiger partial charge >= 0.3 is 0 Å². The highest BCUT2D eigenvalue weighted by molar-refractivity contribution is 9.10. The molecule has 108 valence electrons. The molecule has 0 spiro atoms. The van der Waals surface area contributed by atoms with Crippen molar-refractivity contribution in [2.24, 2.45) is 5.92 Å². The summed E-state index contributed by atoms with van der Waals surface area (Å²) in [4.78, 5) is 25.5. The number of halogens is 1. The molecule has 0 radical (unpaired) electrons. The third-order valence-corrected chi connectivity index (χ3v) is 3.73. The van der Waals surface area contributed by atoms with Gasteiger partial charge in [0.2, 0.25) is 11.8 Å². The maximum atomic E-state index is 12.0. The highest BCUT2D eigenvalue weighted by Gasteiger charge is 2.34. The Kier molecular flexibility index (Phi) is 4.77. The largest absolute Gasteiger partial charge is 0.392 e. The maximum Gasteiger partial charge on any atom is 0.227 e. The van der Waals surface area contributed by atoms with Crippen LogP contribution in [0.1, 0.15) is 13.3 Å². The van der Waals surface area contributed by atoms with Crippen LogP contribution in [0, 0.1) is 5.92 Å². The van der Waals surface area contributed by atoms with Gasteiger partial charge in [0.15, 0.2) is 0 Å². The van der Waals surface area contributed by atoms with Gasteiger partial charge in [0.1, 0.15) is 0 Å². The number of anilines is 1. The third kappa shape index (κ3) is 3.58. The number of aliphatic hydroxyl groups excluding tert-OH is 1. The number of hydrogen-bond acceptors (Lipinski definition) is 3. The van der Waals surface area contributed by atoms with E-state index < -0.39 is 6.10 Å². The molecular formula is C14H17BrN2O3. The molecule has 0 saturated carbocycles. The summed E-state index contributed by atoms with van der Waals surface area (Å²) >= 11 is 3.35. The molecule has 6 heteroatoms. The molecule has 1 aliphatic rings. The van der Waals surface area contributed by atoms with Crippen LogP contribution in [0.3, 0.4) is 0 Å². The fourth-order valence-corrected chi connectivity index (χ4v) is 2.41. The summed E-state index contributed by atoms with van der Waals surface area (Å²) in [5, 5.41) is 11.8. The number of amides is 2. The number of benzene rings is 1. The van der Waals surface area contributed by atoms with Gasteiger partial charge < -0.3 is 15.3 Å². The molecular weight excluding hydrogens is 324 g/mol. The van der Waals surface area contributed by atoms with Crippen LogP contribution in [0.5, 0.6) is 0 Å². The molecule has 2 N–H and O–H groups in total. The lowest BCUT2D eigenvalue weighted by molar-refractivity contribution is -0.126. The van der Waals surface area contributed by atoms with Crippen molar-refractivity contribution in [1.82, 2.24) is 5.32 Å². The summed E-state index contributed by atoms with van der Waals surface area (Å²) in [5.74, 6) is -0.590. The first-order valence-corrected chi connectivity index (χ1v) is 7.28. The molecule has 1 saturated heterocycles. The summed E-state index contributed by atoms with van der Waals surface area (Å²) in [5.41, 5.74) is 0.795. The number of nitrogens with zero attached hydrogens (tertiary/aromatic N) is 1. The predicted molar refractivity (Wildman–Crippen MR) is 79.3 cm³/mol. The minimum Gasteiger partial charge on any atom is -0.392 e. The molecule has 20 heavy (non-hydrogen) atoms. The molecule has 1 aromatic carbocycles. The van der Waals surface area contributed by atoms with Crippen molar-refractivity contribution in [3.63, 3.8) is 0 Å². The van der Waals surface area contributed by atoms with Crippen molar-refractivity contribution in [3.8, 4) is 0 Å². The van der Waals surface area contributed by atoms with E-state index in [1.807, 2.05) is 24.3 Å². The maximum absolute atomic E-state index is 12.0. The van der Waals surface area contributed by atoms with Crippen LogP contribution >= 0.6 is 15.9 Å². The van der Waals surface area contributed by atoms with Gasteiger partial charge in [0.05, 0.1) is 12.0 Å². The first-order valence-electron chi connectivity index (χ1n) is 6.49. The summed E-state index contributed by atoms with van der Waals surface area (Å²) in [7, 11) is 0. The minimum absolute atomic E-state index is 0.0514. The topological polar surface area (TPSA) is 69.6 Å². The van der Waals surface area contributed by atoms with Crippen LogP contribution in [0.4, 0.5) is 5.69 Å². The van der Waals surface area contributed by atoms with Gasteiger partial charge in [0.25, 0.3) is 0 Å². The Balaban J connectivity index is 2.00. The number of rotatable bonds is 4. The van der Waals surface area contributed by atoms with Crippen molar-refractivity contribution in [2.75, 3.05) is 18.0 Å². The van der Waals surface area contributed by atoms with Gasteiger partial charge in [-0.1, -0.05) is 15.9 Å². The van der Waals surface area contributed by atoms with Gasteiger partial charge in [-0.15, -0.1) is 0 Å². The lowest BCUT2D eigenvalue weighted by Gasteiger charge is -2.17. The standard InChI is InChI=1S/C14H17BrN2O3/c1-9(18)7-16-14(20)10-6-13(19)17(8-10)12-4-2-11(15)3-5-12/h2-5,9-10,18H,6-8H2,1H3,(H,16,20)/t9-,10+/m1/s1. The van der Waals surface area contributed by atoms with Crippen molar-refractivity contribution >= 4 is 33.4 Å². The van der Waals surface area contributed by atoms with Gasteiger partial charge in [0, 0.05) is 29.7 Å². The number of hydrogen-bond donors (Lipinski definition) is 2. The van der Waals surface area contributed by atoms with Gasteiger partial charge in [-0.05, 0) is 31.2 Å². The second-order valence-electron chi connectivity index (χ2n) is 4.98. The zero-order chi connectivity index (χ0) is 14.7. The Morgan fingerprint density at radius 2 is 2.15 bits per heavy atom. The van der Waals surface area contributed by atoms with E-state index in [4.69, 9.17) is 5.11 Å². The van der Waals surface area contributed by atoms with Crippen LogP contribution in [-0.4, -0.2) is 36.1 Å². The number of carbonyl (C=O) groups is 2. The minimum atomic E-state index is -0.585. The third-order valence-electron chi connectivity index (χ3n) is 3.21. The molecule has 2 amide bonds. The van der Waals surface area contributed by atoms with Crippen LogP contribution in [-0.2, 0) is 9.59 Å².